The average Bonchev–Trinajstić information content (AvgIpc) is 3.21. The van der Waals surface area contributed by atoms with Gasteiger partial charge in [-0.05, 0) is 56.2 Å². The minimum absolute atomic E-state index is 0.0984. The van der Waals surface area contributed by atoms with Crippen molar-refractivity contribution >= 4 is 16.9 Å². The number of imidazole rings is 1. The summed E-state index contributed by atoms with van der Waals surface area (Å²) in [5.74, 6) is 2.18. The van der Waals surface area contributed by atoms with Crippen LogP contribution in [0.5, 0.6) is 11.5 Å². The van der Waals surface area contributed by atoms with Crippen molar-refractivity contribution in [1.82, 2.24) is 14.9 Å². The van der Waals surface area contributed by atoms with Crippen molar-refractivity contribution in [3.05, 3.63) is 89.7 Å². The number of carbonyl (C=O) groups excluding carboxylic acids is 1. The maximum atomic E-state index is 12.9. The van der Waals surface area contributed by atoms with Crippen LogP contribution in [0.2, 0.25) is 0 Å². The van der Waals surface area contributed by atoms with Gasteiger partial charge in [-0.1, -0.05) is 42.5 Å². The Labute approximate surface area is 194 Å². The van der Waals surface area contributed by atoms with Crippen LogP contribution in [0.25, 0.3) is 11.0 Å². The molecule has 33 heavy (non-hydrogen) atoms. The predicted molar refractivity (Wildman–Crippen MR) is 130 cm³/mol. The van der Waals surface area contributed by atoms with Crippen LogP contribution >= 0.6 is 0 Å². The number of nitrogens with one attached hydrogen (secondary N) is 1. The van der Waals surface area contributed by atoms with E-state index in [0.29, 0.717) is 12.2 Å². The first-order valence-corrected chi connectivity index (χ1v) is 11.2. The number of hydrogen-bond acceptors (Lipinski definition) is 4. The summed E-state index contributed by atoms with van der Waals surface area (Å²) in [6, 6.07) is 23.0. The number of aryl methyl sites for hydroxylation is 2. The molecule has 0 aliphatic rings. The molecule has 0 fully saturated rings. The summed E-state index contributed by atoms with van der Waals surface area (Å²) < 4.78 is 13.5. The molecule has 1 unspecified atom stereocenters. The van der Waals surface area contributed by atoms with Gasteiger partial charge in [0.25, 0.3) is 5.91 Å². The lowest BCUT2D eigenvalue weighted by Crippen LogP contribution is -2.29. The van der Waals surface area contributed by atoms with Gasteiger partial charge in [0.15, 0.2) is 11.5 Å². The van der Waals surface area contributed by atoms with Gasteiger partial charge >= 0.3 is 0 Å². The molecule has 1 heterocycles. The van der Waals surface area contributed by atoms with E-state index in [2.05, 4.69) is 16.0 Å². The Morgan fingerprint density at radius 2 is 1.70 bits per heavy atom. The first kappa shape index (κ1) is 22.4. The summed E-state index contributed by atoms with van der Waals surface area (Å²) in [6.45, 7) is 5.17. The van der Waals surface area contributed by atoms with E-state index in [1.165, 1.54) is 0 Å². The van der Waals surface area contributed by atoms with Crippen molar-refractivity contribution in [3.63, 3.8) is 0 Å². The average molecular weight is 444 g/mol. The molecule has 1 amide bonds. The first-order chi connectivity index (χ1) is 16.1. The number of aromatic nitrogens is 2. The summed E-state index contributed by atoms with van der Waals surface area (Å²) in [6.07, 6.45) is 0.782. The van der Waals surface area contributed by atoms with E-state index in [1.807, 2.05) is 80.6 Å². The van der Waals surface area contributed by atoms with Crippen molar-refractivity contribution in [2.75, 3.05) is 13.7 Å². The van der Waals surface area contributed by atoms with Crippen molar-refractivity contribution in [2.45, 2.75) is 32.9 Å². The number of para-hydroxylation sites is 4. The zero-order valence-electron chi connectivity index (χ0n) is 19.2. The standard InChI is InChI=1S/C27H29N3O3/c1-19-11-4-5-12-21(19)27(31)28-20(2)26-29-22-13-6-7-14-23(22)30(26)17-10-18-33-25-16-9-8-15-24(25)32-3/h4-9,11-16,20H,10,17-18H2,1-3H3,(H,28,31). The Hall–Kier alpha value is -3.80. The third kappa shape index (κ3) is 5.00. The number of fused-ring (bicyclic) bond motifs is 1. The second-order valence-corrected chi connectivity index (χ2v) is 7.97. The monoisotopic (exact) mass is 443 g/mol. The van der Waals surface area contributed by atoms with Crippen LogP contribution in [0.3, 0.4) is 0 Å². The molecular formula is C27H29N3O3. The Morgan fingerprint density at radius 1 is 1.00 bits per heavy atom. The Bertz CT molecular complexity index is 1250. The number of methoxy groups -OCH3 is 1. The smallest absolute Gasteiger partial charge is 0.252 e. The zero-order valence-corrected chi connectivity index (χ0v) is 19.2. The highest BCUT2D eigenvalue weighted by atomic mass is 16.5. The summed E-state index contributed by atoms with van der Waals surface area (Å²) in [5.41, 5.74) is 3.58. The van der Waals surface area contributed by atoms with Crippen LogP contribution in [0.15, 0.2) is 72.8 Å². The number of hydrogen-bond donors (Lipinski definition) is 1. The van der Waals surface area contributed by atoms with E-state index in [0.717, 1.165) is 46.9 Å². The highest BCUT2D eigenvalue weighted by Gasteiger charge is 2.19. The van der Waals surface area contributed by atoms with Crippen LogP contribution in [0.4, 0.5) is 0 Å². The zero-order chi connectivity index (χ0) is 23.2. The van der Waals surface area contributed by atoms with Gasteiger partial charge < -0.3 is 19.4 Å². The largest absolute Gasteiger partial charge is 0.493 e. The molecule has 0 spiro atoms. The van der Waals surface area contributed by atoms with Crippen molar-refractivity contribution < 1.29 is 14.3 Å². The number of benzene rings is 3. The molecule has 0 radical (unpaired) electrons. The van der Waals surface area contributed by atoms with Crippen LogP contribution in [0.1, 0.15) is 41.1 Å². The Morgan fingerprint density at radius 3 is 2.48 bits per heavy atom. The summed E-state index contributed by atoms with van der Waals surface area (Å²) in [4.78, 5) is 17.7. The van der Waals surface area contributed by atoms with Crippen LogP contribution < -0.4 is 14.8 Å². The van der Waals surface area contributed by atoms with Gasteiger partial charge in [-0.15, -0.1) is 0 Å². The Balaban J connectivity index is 1.49. The van der Waals surface area contributed by atoms with E-state index in [-0.39, 0.29) is 11.9 Å². The molecule has 1 N–H and O–H groups in total. The minimum atomic E-state index is -0.250. The highest BCUT2D eigenvalue weighted by Crippen LogP contribution is 2.26. The third-order valence-corrected chi connectivity index (χ3v) is 5.66. The van der Waals surface area contributed by atoms with Gasteiger partial charge in [-0.2, -0.15) is 0 Å². The predicted octanol–water partition coefficient (Wildman–Crippen LogP) is 5.31. The number of ether oxygens (including phenoxy) is 2. The van der Waals surface area contributed by atoms with Gasteiger partial charge in [0, 0.05) is 12.1 Å². The third-order valence-electron chi connectivity index (χ3n) is 5.66. The number of amides is 1. The molecular weight excluding hydrogens is 414 g/mol. The molecule has 0 aliphatic carbocycles. The normalized spacial score (nSPS) is 11.8. The maximum Gasteiger partial charge on any atom is 0.252 e. The molecule has 4 aromatic rings. The summed E-state index contributed by atoms with van der Waals surface area (Å²) >= 11 is 0. The molecule has 3 aromatic carbocycles. The fourth-order valence-electron chi connectivity index (χ4n) is 3.97. The molecule has 4 rings (SSSR count). The van der Waals surface area contributed by atoms with Gasteiger partial charge in [0.1, 0.15) is 5.82 Å². The lowest BCUT2D eigenvalue weighted by Gasteiger charge is -2.17. The van der Waals surface area contributed by atoms with E-state index in [4.69, 9.17) is 14.5 Å². The fraction of sp³-hybridized carbons (Fsp3) is 0.259. The lowest BCUT2D eigenvalue weighted by atomic mass is 10.1. The topological polar surface area (TPSA) is 65.4 Å². The molecule has 170 valence electrons. The van der Waals surface area contributed by atoms with Crippen molar-refractivity contribution in [2.24, 2.45) is 0 Å². The van der Waals surface area contributed by atoms with Crippen LogP contribution in [-0.4, -0.2) is 29.2 Å². The molecule has 6 heteroatoms. The maximum absolute atomic E-state index is 12.9. The number of nitrogens with zero attached hydrogens (tertiary/aromatic N) is 2. The molecule has 0 bridgehead atoms. The van der Waals surface area contributed by atoms with E-state index in [9.17, 15) is 4.79 Å². The quantitative estimate of drug-likeness (QED) is 0.356. The molecule has 0 aliphatic heterocycles. The second kappa shape index (κ2) is 10.2. The van der Waals surface area contributed by atoms with Crippen molar-refractivity contribution in [1.29, 1.82) is 0 Å². The lowest BCUT2D eigenvalue weighted by molar-refractivity contribution is 0.0937. The van der Waals surface area contributed by atoms with E-state index < -0.39 is 0 Å². The van der Waals surface area contributed by atoms with Gasteiger partial charge in [0.05, 0.1) is 30.8 Å². The summed E-state index contributed by atoms with van der Waals surface area (Å²) in [7, 11) is 1.64. The number of carbonyl (C=O) groups is 1. The molecule has 1 aromatic heterocycles. The SMILES string of the molecule is COc1ccccc1OCCCn1c(C(C)NC(=O)c2ccccc2C)nc2ccccc21. The molecule has 1 atom stereocenters. The molecule has 6 nitrogen and oxygen atoms in total. The summed E-state index contributed by atoms with van der Waals surface area (Å²) in [5, 5.41) is 3.12. The molecule has 0 saturated heterocycles. The fourth-order valence-corrected chi connectivity index (χ4v) is 3.97. The number of rotatable bonds is 9. The molecule has 0 saturated carbocycles. The van der Waals surface area contributed by atoms with Crippen LogP contribution in [-0.2, 0) is 6.54 Å². The van der Waals surface area contributed by atoms with Gasteiger partial charge in [-0.25, -0.2) is 4.98 Å². The van der Waals surface area contributed by atoms with Gasteiger partial charge in [0.2, 0.25) is 0 Å². The van der Waals surface area contributed by atoms with Crippen molar-refractivity contribution in [3.8, 4) is 11.5 Å². The highest BCUT2D eigenvalue weighted by molar-refractivity contribution is 5.95. The van der Waals surface area contributed by atoms with E-state index in [1.54, 1.807) is 7.11 Å². The minimum Gasteiger partial charge on any atom is -0.493 e. The van der Waals surface area contributed by atoms with E-state index >= 15 is 0 Å². The first-order valence-electron chi connectivity index (χ1n) is 11.2. The Kier molecular flexibility index (Phi) is 6.93. The van der Waals surface area contributed by atoms with Gasteiger partial charge in [-0.3, -0.25) is 4.79 Å². The second-order valence-electron chi connectivity index (χ2n) is 7.97. The van der Waals surface area contributed by atoms with Crippen LogP contribution in [0, 0.1) is 6.92 Å².